The summed E-state index contributed by atoms with van der Waals surface area (Å²) < 4.78 is 0. The summed E-state index contributed by atoms with van der Waals surface area (Å²) >= 11 is 1.81. The number of benzene rings is 4. The molecule has 0 radical (unpaired) electrons. The van der Waals surface area contributed by atoms with E-state index in [1.807, 2.05) is 11.8 Å². The molecule has 0 unspecified atom stereocenters. The third kappa shape index (κ3) is 6.28. The van der Waals surface area contributed by atoms with Gasteiger partial charge in [0.15, 0.2) is 14.7 Å². The summed E-state index contributed by atoms with van der Waals surface area (Å²) in [5, 5.41) is 0. The van der Waals surface area contributed by atoms with Crippen molar-refractivity contribution < 1.29 is 0 Å². The largest absolute Gasteiger partial charge is 0.167 e. The van der Waals surface area contributed by atoms with E-state index in [4.69, 9.17) is 0 Å². The Labute approximate surface area is 182 Å². The molecule has 29 heavy (non-hydrogen) atoms. The minimum Gasteiger partial charge on any atom is -0.0899 e. The molecule has 0 bridgehead atoms. The van der Waals surface area contributed by atoms with E-state index in [0.717, 1.165) is 0 Å². The molecular weight excluding hydrogens is 388 g/mol. The van der Waals surface area contributed by atoms with E-state index in [1.165, 1.54) is 30.9 Å². The first-order valence-corrected chi connectivity index (χ1v) is 12.0. The zero-order valence-corrected chi connectivity index (χ0v) is 18.6. The minimum absolute atomic E-state index is 0.0962. The zero-order chi connectivity index (χ0) is 20.3. The van der Waals surface area contributed by atoms with Crippen molar-refractivity contribution in [3.05, 3.63) is 115 Å². The van der Waals surface area contributed by atoms with E-state index >= 15 is 0 Å². The fourth-order valence-electron chi connectivity index (χ4n) is 2.81. The van der Waals surface area contributed by atoms with Gasteiger partial charge >= 0.3 is 0 Å². The SMILES string of the molecule is CCC.c1ccc(Sc2cccc([S+](c3ccccc3)c3ccccc3)c2)cc1. The first kappa shape index (κ1) is 21.3. The van der Waals surface area contributed by atoms with Gasteiger partial charge in [-0.15, -0.1) is 0 Å². The van der Waals surface area contributed by atoms with Gasteiger partial charge in [-0.05, 0) is 48.5 Å². The smallest absolute Gasteiger partial charge is 0.0899 e. The molecule has 0 nitrogen and oxygen atoms in total. The summed E-state index contributed by atoms with van der Waals surface area (Å²) in [5.41, 5.74) is 0. The summed E-state index contributed by atoms with van der Waals surface area (Å²) in [6.45, 7) is 4.25. The van der Waals surface area contributed by atoms with Gasteiger partial charge in [0.25, 0.3) is 0 Å². The van der Waals surface area contributed by atoms with E-state index in [1.54, 1.807) is 0 Å². The summed E-state index contributed by atoms with van der Waals surface area (Å²) in [6.07, 6.45) is 1.25. The van der Waals surface area contributed by atoms with E-state index in [9.17, 15) is 0 Å². The second kappa shape index (κ2) is 11.5. The molecule has 0 fully saturated rings. The maximum Gasteiger partial charge on any atom is 0.167 e. The maximum atomic E-state index is 2.33. The highest BCUT2D eigenvalue weighted by atomic mass is 32.2. The van der Waals surface area contributed by atoms with Gasteiger partial charge in [-0.3, -0.25) is 0 Å². The fourth-order valence-corrected chi connectivity index (χ4v) is 5.92. The highest BCUT2D eigenvalue weighted by Gasteiger charge is 2.28. The Kier molecular flexibility index (Phi) is 8.48. The van der Waals surface area contributed by atoms with Crippen LogP contribution in [0.4, 0.5) is 0 Å². The van der Waals surface area contributed by atoms with Crippen LogP contribution in [0.3, 0.4) is 0 Å². The Bertz CT molecular complexity index is 927. The van der Waals surface area contributed by atoms with Crippen LogP contribution in [0.5, 0.6) is 0 Å². The Morgan fingerprint density at radius 2 is 0.931 bits per heavy atom. The summed E-state index contributed by atoms with van der Waals surface area (Å²) in [7, 11) is -0.0962. The summed E-state index contributed by atoms with van der Waals surface area (Å²) in [5.74, 6) is 0. The lowest BCUT2D eigenvalue weighted by Crippen LogP contribution is -2.04. The van der Waals surface area contributed by atoms with Crippen molar-refractivity contribution in [3.63, 3.8) is 0 Å². The molecule has 0 aliphatic rings. The van der Waals surface area contributed by atoms with Gasteiger partial charge in [-0.2, -0.15) is 0 Å². The van der Waals surface area contributed by atoms with Crippen LogP contribution in [0.25, 0.3) is 0 Å². The third-order valence-corrected chi connectivity index (χ3v) is 7.19. The summed E-state index contributed by atoms with van der Waals surface area (Å²) in [4.78, 5) is 6.59. The average Bonchev–Trinajstić information content (AvgIpc) is 2.77. The molecule has 146 valence electrons. The molecule has 0 aliphatic carbocycles. The summed E-state index contributed by atoms with van der Waals surface area (Å²) in [6, 6.07) is 41.1. The molecule has 4 aromatic rings. The highest BCUT2D eigenvalue weighted by molar-refractivity contribution is 7.99. The number of rotatable bonds is 5. The lowest BCUT2D eigenvalue weighted by Gasteiger charge is -2.09. The van der Waals surface area contributed by atoms with Crippen molar-refractivity contribution in [2.75, 3.05) is 0 Å². The van der Waals surface area contributed by atoms with Crippen molar-refractivity contribution in [2.45, 2.75) is 44.7 Å². The Hall–Kier alpha value is -2.42. The molecular formula is C27H27S2+. The van der Waals surface area contributed by atoms with Gasteiger partial charge in [-0.25, -0.2) is 0 Å². The van der Waals surface area contributed by atoms with Crippen LogP contribution in [0.2, 0.25) is 0 Å². The molecule has 0 heterocycles. The van der Waals surface area contributed by atoms with E-state index < -0.39 is 0 Å². The molecule has 0 aromatic heterocycles. The van der Waals surface area contributed by atoms with Crippen LogP contribution >= 0.6 is 11.8 Å². The van der Waals surface area contributed by atoms with Crippen LogP contribution in [-0.4, -0.2) is 0 Å². The number of hydrogen-bond acceptors (Lipinski definition) is 1. The van der Waals surface area contributed by atoms with Crippen LogP contribution in [-0.2, 0) is 10.9 Å². The van der Waals surface area contributed by atoms with Gasteiger partial charge in [0, 0.05) is 15.9 Å². The second-order valence-electron chi connectivity index (χ2n) is 6.53. The van der Waals surface area contributed by atoms with E-state index in [-0.39, 0.29) is 10.9 Å². The molecule has 0 spiro atoms. The third-order valence-electron chi connectivity index (χ3n) is 3.98. The van der Waals surface area contributed by atoms with Crippen LogP contribution in [0, 0.1) is 0 Å². The molecule has 4 aromatic carbocycles. The van der Waals surface area contributed by atoms with Gasteiger partial charge in [-0.1, -0.05) is 92.7 Å². The molecule has 0 N–H and O–H groups in total. The Morgan fingerprint density at radius 1 is 0.517 bits per heavy atom. The van der Waals surface area contributed by atoms with Crippen LogP contribution in [0.1, 0.15) is 20.3 Å². The first-order chi connectivity index (χ1) is 14.3. The van der Waals surface area contributed by atoms with Crippen molar-refractivity contribution >= 4 is 22.7 Å². The Morgan fingerprint density at radius 3 is 1.45 bits per heavy atom. The minimum atomic E-state index is -0.0962. The molecule has 0 atom stereocenters. The van der Waals surface area contributed by atoms with Crippen molar-refractivity contribution in [2.24, 2.45) is 0 Å². The fraction of sp³-hybridized carbons (Fsp3) is 0.111. The Balaban J connectivity index is 0.000000755. The quantitative estimate of drug-likeness (QED) is 0.295. The zero-order valence-electron chi connectivity index (χ0n) is 17.0. The maximum absolute atomic E-state index is 2.33. The van der Waals surface area contributed by atoms with E-state index in [0.29, 0.717) is 0 Å². The predicted molar refractivity (Wildman–Crippen MR) is 128 cm³/mol. The average molecular weight is 416 g/mol. The van der Waals surface area contributed by atoms with Crippen LogP contribution < -0.4 is 0 Å². The molecule has 2 heteroatoms. The van der Waals surface area contributed by atoms with Gasteiger partial charge in [0.1, 0.15) is 0 Å². The second-order valence-corrected chi connectivity index (χ2v) is 9.70. The topological polar surface area (TPSA) is 0 Å². The predicted octanol–water partition coefficient (Wildman–Crippen LogP) is 8.35. The van der Waals surface area contributed by atoms with Crippen molar-refractivity contribution in [1.82, 2.24) is 0 Å². The van der Waals surface area contributed by atoms with Crippen molar-refractivity contribution in [3.8, 4) is 0 Å². The van der Waals surface area contributed by atoms with Crippen LogP contribution in [0.15, 0.2) is 140 Å². The normalized spacial score (nSPS) is 10.3. The van der Waals surface area contributed by atoms with Crippen molar-refractivity contribution in [1.29, 1.82) is 0 Å². The van der Waals surface area contributed by atoms with Gasteiger partial charge in [0.2, 0.25) is 0 Å². The van der Waals surface area contributed by atoms with Gasteiger partial charge in [0.05, 0.1) is 10.9 Å². The van der Waals surface area contributed by atoms with E-state index in [2.05, 4.69) is 129 Å². The molecule has 0 saturated heterocycles. The van der Waals surface area contributed by atoms with Gasteiger partial charge < -0.3 is 0 Å². The molecule has 0 amide bonds. The standard InChI is InChI=1S/C24H19S2.C3H8/c1-4-11-20(12-5-1)25-21-13-10-18-24(19-21)26(22-14-6-2-7-15-22)23-16-8-3-9-17-23;1-3-2/h1-19H;3H2,1-2H3/q+1;. The number of hydrogen-bond donors (Lipinski definition) is 0. The molecule has 0 aliphatic heterocycles. The lowest BCUT2D eigenvalue weighted by atomic mass is 10.3. The highest BCUT2D eigenvalue weighted by Crippen LogP contribution is 2.34. The lowest BCUT2D eigenvalue weighted by molar-refractivity contribution is 1.09. The first-order valence-electron chi connectivity index (χ1n) is 9.99. The molecule has 0 saturated carbocycles. The molecule has 4 rings (SSSR count). The monoisotopic (exact) mass is 415 g/mol.